The average molecular weight is 391 g/mol. The minimum absolute atomic E-state index is 0.0712. The molecule has 0 radical (unpaired) electrons. The van der Waals surface area contributed by atoms with Gasteiger partial charge in [0.15, 0.2) is 6.61 Å². The quantitative estimate of drug-likeness (QED) is 0.511. The van der Waals surface area contributed by atoms with Gasteiger partial charge in [0.05, 0.1) is 0 Å². The van der Waals surface area contributed by atoms with E-state index in [1.807, 2.05) is 55.5 Å². The molecule has 0 fully saturated rings. The topological polar surface area (TPSA) is 68.5 Å². The summed E-state index contributed by atoms with van der Waals surface area (Å²) in [6.45, 7) is 8.30. The van der Waals surface area contributed by atoms with Crippen molar-refractivity contribution < 1.29 is 14.1 Å². The Morgan fingerprint density at radius 1 is 1.24 bits per heavy atom. The minimum Gasteiger partial charge on any atom is -0.484 e. The molecule has 6 heteroatoms. The molecule has 0 saturated heterocycles. The standard InChI is InChI=1S/C23H25N3O3/c1-4-13-26(22(27)16-28-20-11-9-18(5-2)10-12-20)15-21-24-23(25-29-21)19-8-6-7-17(3)14-19/h4,6-12,14H,1,5,13,15-16H2,2-3H3. The number of hydrogen-bond donors (Lipinski definition) is 0. The highest BCUT2D eigenvalue weighted by molar-refractivity contribution is 5.77. The summed E-state index contributed by atoms with van der Waals surface area (Å²) in [5, 5.41) is 4.03. The van der Waals surface area contributed by atoms with Gasteiger partial charge >= 0.3 is 0 Å². The van der Waals surface area contributed by atoms with Crippen molar-refractivity contribution in [2.75, 3.05) is 13.2 Å². The SMILES string of the molecule is C=CCN(Cc1nc(-c2cccc(C)c2)no1)C(=O)COc1ccc(CC)cc1. The Kier molecular flexibility index (Phi) is 6.79. The third kappa shape index (κ3) is 5.54. The molecule has 1 heterocycles. The van der Waals surface area contributed by atoms with Crippen LogP contribution in [-0.4, -0.2) is 34.1 Å². The summed E-state index contributed by atoms with van der Waals surface area (Å²) >= 11 is 0. The van der Waals surface area contributed by atoms with E-state index in [2.05, 4.69) is 23.6 Å². The molecule has 2 aromatic carbocycles. The Hall–Kier alpha value is -3.41. The first-order valence-electron chi connectivity index (χ1n) is 9.59. The maximum atomic E-state index is 12.6. The van der Waals surface area contributed by atoms with E-state index in [-0.39, 0.29) is 19.1 Å². The van der Waals surface area contributed by atoms with Crippen LogP contribution in [0.25, 0.3) is 11.4 Å². The van der Waals surface area contributed by atoms with Gasteiger partial charge in [-0.05, 0) is 37.1 Å². The zero-order chi connectivity index (χ0) is 20.6. The van der Waals surface area contributed by atoms with Gasteiger partial charge in [-0.1, -0.05) is 54.1 Å². The van der Waals surface area contributed by atoms with Crippen LogP contribution in [0.4, 0.5) is 0 Å². The zero-order valence-corrected chi connectivity index (χ0v) is 16.8. The van der Waals surface area contributed by atoms with Crippen LogP contribution >= 0.6 is 0 Å². The summed E-state index contributed by atoms with van der Waals surface area (Å²) in [5.41, 5.74) is 3.21. The first kappa shape index (κ1) is 20.3. The molecule has 0 saturated carbocycles. The Balaban J connectivity index is 1.63. The van der Waals surface area contributed by atoms with Gasteiger partial charge in [-0.25, -0.2) is 0 Å². The lowest BCUT2D eigenvalue weighted by atomic mass is 10.1. The van der Waals surface area contributed by atoms with Crippen molar-refractivity contribution in [1.29, 1.82) is 0 Å². The third-order valence-electron chi connectivity index (χ3n) is 4.47. The van der Waals surface area contributed by atoms with Gasteiger partial charge < -0.3 is 14.2 Å². The van der Waals surface area contributed by atoms with Crippen molar-refractivity contribution in [2.24, 2.45) is 0 Å². The van der Waals surface area contributed by atoms with E-state index in [0.29, 0.717) is 24.0 Å². The smallest absolute Gasteiger partial charge is 0.261 e. The Morgan fingerprint density at radius 2 is 2.03 bits per heavy atom. The van der Waals surface area contributed by atoms with Crippen molar-refractivity contribution in [1.82, 2.24) is 15.0 Å². The van der Waals surface area contributed by atoms with E-state index in [1.165, 1.54) is 5.56 Å². The third-order valence-corrected chi connectivity index (χ3v) is 4.47. The minimum atomic E-state index is -0.181. The first-order chi connectivity index (χ1) is 14.1. The number of aryl methyl sites for hydroxylation is 2. The number of nitrogens with zero attached hydrogens (tertiary/aromatic N) is 3. The largest absolute Gasteiger partial charge is 0.484 e. The summed E-state index contributed by atoms with van der Waals surface area (Å²) < 4.78 is 11.0. The zero-order valence-electron chi connectivity index (χ0n) is 16.8. The number of benzene rings is 2. The normalized spacial score (nSPS) is 10.6. The number of rotatable bonds is 9. The monoisotopic (exact) mass is 391 g/mol. The van der Waals surface area contributed by atoms with Crippen LogP contribution in [-0.2, 0) is 17.8 Å². The first-order valence-corrected chi connectivity index (χ1v) is 9.59. The van der Waals surface area contributed by atoms with Gasteiger partial charge in [0.2, 0.25) is 11.7 Å². The molecule has 150 valence electrons. The second kappa shape index (κ2) is 9.68. The maximum absolute atomic E-state index is 12.6. The summed E-state index contributed by atoms with van der Waals surface area (Å²) in [5.74, 6) is 1.35. The van der Waals surface area contributed by atoms with Gasteiger partial charge in [0.25, 0.3) is 5.91 Å². The molecule has 0 unspecified atom stereocenters. The van der Waals surface area contributed by atoms with E-state index in [1.54, 1.807) is 11.0 Å². The lowest BCUT2D eigenvalue weighted by molar-refractivity contribution is -0.133. The molecule has 0 aliphatic heterocycles. The van der Waals surface area contributed by atoms with Gasteiger partial charge in [0.1, 0.15) is 12.3 Å². The predicted molar refractivity (Wildman–Crippen MR) is 111 cm³/mol. The fourth-order valence-corrected chi connectivity index (χ4v) is 2.85. The number of aromatic nitrogens is 2. The number of carbonyl (C=O) groups excluding carboxylic acids is 1. The highest BCUT2D eigenvalue weighted by Gasteiger charge is 2.18. The van der Waals surface area contributed by atoms with Crippen molar-refractivity contribution in [2.45, 2.75) is 26.8 Å². The molecule has 3 aromatic rings. The second-order valence-corrected chi connectivity index (χ2v) is 6.73. The van der Waals surface area contributed by atoms with Crippen molar-refractivity contribution >= 4 is 5.91 Å². The van der Waals surface area contributed by atoms with Gasteiger partial charge in [-0.3, -0.25) is 4.79 Å². The Labute approximate surface area is 170 Å². The van der Waals surface area contributed by atoms with Gasteiger partial charge in [0, 0.05) is 12.1 Å². The molecule has 0 aliphatic carbocycles. The second-order valence-electron chi connectivity index (χ2n) is 6.73. The molecule has 0 atom stereocenters. The summed E-state index contributed by atoms with van der Waals surface area (Å²) in [4.78, 5) is 18.6. The summed E-state index contributed by atoms with van der Waals surface area (Å²) in [6.07, 6.45) is 2.62. The average Bonchev–Trinajstić information content (AvgIpc) is 3.21. The molecule has 3 rings (SSSR count). The van der Waals surface area contributed by atoms with Crippen LogP contribution in [0.1, 0.15) is 23.9 Å². The molecule has 1 amide bonds. The van der Waals surface area contributed by atoms with E-state index in [0.717, 1.165) is 17.5 Å². The van der Waals surface area contributed by atoms with Crippen molar-refractivity contribution in [3.8, 4) is 17.1 Å². The number of ether oxygens (including phenoxy) is 1. The van der Waals surface area contributed by atoms with Crippen LogP contribution < -0.4 is 4.74 Å². The van der Waals surface area contributed by atoms with Crippen LogP contribution in [0.2, 0.25) is 0 Å². The number of carbonyl (C=O) groups is 1. The van der Waals surface area contributed by atoms with E-state index in [4.69, 9.17) is 9.26 Å². The number of hydrogen-bond acceptors (Lipinski definition) is 5. The van der Waals surface area contributed by atoms with Gasteiger partial charge in [-0.2, -0.15) is 4.98 Å². The van der Waals surface area contributed by atoms with Gasteiger partial charge in [-0.15, -0.1) is 6.58 Å². The molecule has 29 heavy (non-hydrogen) atoms. The fraction of sp³-hybridized carbons (Fsp3) is 0.261. The van der Waals surface area contributed by atoms with Crippen LogP contribution in [0, 0.1) is 6.92 Å². The molecular formula is C23H25N3O3. The van der Waals surface area contributed by atoms with Crippen LogP contribution in [0.15, 0.2) is 65.7 Å². The fourth-order valence-electron chi connectivity index (χ4n) is 2.85. The van der Waals surface area contributed by atoms with Crippen LogP contribution in [0.3, 0.4) is 0 Å². The molecule has 0 spiro atoms. The molecule has 0 N–H and O–H groups in total. The van der Waals surface area contributed by atoms with E-state index < -0.39 is 0 Å². The Morgan fingerprint density at radius 3 is 2.72 bits per heavy atom. The highest BCUT2D eigenvalue weighted by Crippen LogP contribution is 2.18. The molecule has 0 aliphatic rings. The molecular weight excluding hydrogens is 366 g/mol. The molecule has 0 bridgehead atoms. The molecule has 1 aromatic heterocycles. The Bertz CT molecular complexity index is 964. The van der Waals surface area contributed by atoms with Crippen molar-refractivity contribution in [3.63, 3.8) is 0 Å². The number of amides is 1. The highest BCUT2D eigenvalue weighted by atomic mass is 16.5. The van der Waals surface area contributed by atoms with E-state index >= 15 is 0 Å². The van der Waals surface area contributed by atoms with Crippen molar-refractivity contribution in [3.05, 3.63) is 78.2 Å². The lowest BCUT2D eigenvalue weighted by Gasteiger charge is -2.19. The van der Waals surface area contributed by atoms with Crippen LogP contribution in [0.5, 0.6) is 5.75 Å². The lowest BCUT2D eigenvalue weighted by Crippen LogP contribution is -2.34. The summed E-state index contributed by atoms with van der Waals surface area (Å²) in [6, 6.07) is 15.6. The summed E-state index contributed by atoms with van der Waals surface area (Å²) in [7, 11) is 0. The van der Waals surface area contributed by atoms with E-state index in [9.17, 15) is 4.79 Å². The molecule has 6 nitrogen and oxygen atoms in total. The predicted octanol–water partition coefficient (Wildman–Crippen LogP) is 4.20. The maximum Gasteiger partial charge on any atom is 0.261 e.